The first-order valence-corrected chi connectivity index (χ1v) is 12.7. The maximum atomic E-state index is 15.6. The van der Waals surface area contributed by atoms with Crippen LogP contribution in [0.2, 0.25) is 0 Å². The van der Waals surface area contributed by atoms with Crippen LogP contribution in [0.1, 0.15) is 25.3 Å². The van der Waals surface area contributed by atoms with Crippen LogP contribution in [0, 0.1) is 11.2 Å². The van der Waals surface area contributed by atoms with Gasteiger partial charge in [0.2, 0.25) is 16.0 Å². The van der Waals surface area contributed by atoms with Crippen molar-refractivity contribution in [2.75, 3.05) is 19.2 Å². The Kier molecular flexibility index (Phi) is 6.52. The molecule has 34 heavy (non-hydrogen) atoms. The molecule has 1 aliphatic carbocycles. The number of aliphatic hydroxyl groups is 1. The Morgan fingerprint density at radius 1 is 1.18 bits per heavy atom. The average molecular weight is 497 g/mol. The third-order valence-electron chi connectivity index (χ3n) is 6.85. The summed E-state index contributed by atoms with van der Waals surface area (Å²) in [6, 6.07) is 10.2. The summed E-state index contributed by atoms with van der Waals surface area (Å²) in [6.07, 6.45) is 1.04. The van der Waals surface area contributed by atoms with E-state index in [1.807, 2.05) is 0 Å². The topological polar surface area (TPSA) is 86.7 Å². The zero-order chi connectivity index (χ0) is 24.7. The van der Waals surface area contributed by atoms with Gasteiger partial charge < -0.3 is 10.0 Å². The lowest BCUT2D eigenvalue weighted by atomic mass is 9.91. The van der Waals surface area contributed by atoms with E-state index in [1.165, 1.54) is 11.0 Å². The molecule has 0 bridgehead atoms. The second-order valence-electron chi connectivity index (χ2n) is 9.44. The number of sulfonamides is 1. The van der Waals surface area contributed by atoms with E-state index in [4.69, 9.17) is 0 Å². The summed E-state index contributed by atoms with van der Waals surface area (Å²) in [4.78, 5) is 14.3. The predicted molar refractivity (Wildman–Crippen MR) is 121 cm³/mol. The van der Waals surface area contributed by atoms with E-state index in [9.17, 15) is 27.1 Å². The van der Waals surface area contributed by atoms with Gasteiger partial charge in [0.05, 0.1) is 6.04 Å². The number of carbonyl (C=O) groups is 1. The molecule has 2 aromatic rings. The molecule has 4 rings (SSSR count). The second kappa shape index (κ2) is 8.98. The SMILES string of the molecule is C[C@@](O)(CF)C(=O)N1CC2(CC2)[C@H](NS(=O)(=O)CF)[C@@H]1Cc1cccc(-c2ccccc2)c1F. The number of likely N-dealkylation sites (tertiary alicyclic amines) is 1. The van der Waals surface area contributed by atoms with Crippen LogP contribution >= 0.6 is 0 Å². The van der Waals surface area contributed by atoms with E-state index in [-0.39, 0.29) is 18.5 Å². The second-order valence-corrected chi connectivity index (χ2v) is 11.1. The Morgan fingerprint density at radius 2 is 1.85 bits per heavy atom. The van der Waals surface area contributed by atoms with Crippen LogP contribution in [0.3, 0.4) is 0 Å². The van der Waals surface area contributed by atoms with E-state index in [0.717, 1.165) is 6.92 Å². The van der Waals surface area contributed by atoms with Gasteiger partial charge in [0, 0.05) is 23.6 Å². The first-order chi connectivity index (χ1) is 16.0. The highest BCUT2D eigenvalue weighted by Crippen LogP contribution is 2.56. The Labute approximate surface area is 196 Å². The first-order valence-electron chi connectivity index (χ1n) is 11.0. The molecule has 0 unspecified atom stereocenters. The monoisotopic (exact) mass is 496 g/mol. The number of rotatable bonds is 8. The quantitative estimate of drug-likeness (QED) is 0.589. The summed E-state index contributed by atoms with van der Waals surface area (Å²) in [5, 5.41) is 10.3. The fourth-order valence-electron chi connectivity index (χ4n) is 4.82. The molecular weight excluding hydrogens is 469 g/mol. The van der Waals surface area contributed by atoms with E-state index in [0.29, 0.717) is 24.0 Å². The van der Waals surface area contributed by atoms with Crippen LogP contribution < -0.4 is 4.72 Å². The molecule has 0 aromatic heterocycles. The minimum absolute atomic E-state index is 0.0616. The number of nitrogens with zero attached hydrogens (tertiary/aromatic N) is 1. The van der Waals surface area contributed by atoms with Gasteiger partial charge in [0.15, 0.2) is 5.60 Å². The molecule has 6 nitrogen and oxygen atoms in total. The molecular formula is C24H27F3N2O4S. The summed E-state index contributed by atoms with van der Waals surface area (Å²) < 4.78 is 68.8. The number of nitrogens with one attached hydrogen (secondary N) is 1. The number of halogens is 3. The van der Waals surface area contributed by atoms with Crippen molar-refractivity contribution in [1.82, 2.24) is 9.62 Å². The molecule has 1 saturated heterocycles. The van der Waals surface area contributed by atoms with Gasteiger partial charge in [-0.15, -0.1) is 0 Å². The van der Waals surface area contributed by atoms with E-state index in [2.05, 4.69) is 4.72 Å². The lowest BCUT2D eigenvalue weighted by Crippen LogP contribution is -2.54. The fraction of sp³-hybridized carbons (Fsp3) is 0.458. The molecule has 184 valence electrons. The average Bonchev–Trinajstić information content (AvgIpc) is 3.55. The maximum absolute atomic E-state index is 15.6. The van der Waals surface area contributed by atoms with E-state index >= 15 is 4.39 Å². The molecule has 2 fully saturated rings. The molecule has 10 heteroatoms. The van der Waals surface area contributed by atoms with Gasteiger partial charge in [-0.1, -0.05) is 48.5 Å². The standard InChI is InChI=1S/C24H27F3N2O4S/c1-23(31,13-25)22(30)29-14-24(10-11-24)21(28-34(32,33)15-26)19(29)12-17-8-5-9-18(20(17)27)16-6-3-2-4-7-16/h2-9,19,21,28,31H,10-15H2,1H3/t19-,21+,23+/m0/s1. The maximum Gasteiger partial charge on any atom is 0.257 e. The van der Waals surface area contributed by atoms with Crippen molar-refractivity contribution in [3.05, 3.63) is 59.9 Å². The Hall–Kier alpha value is -2.43. The van der Waals surface area contributed by atoms with E-state index < -0.39 is 57.5 Å². The van der Waals surface area contributed by atoms with Crippen molar-refractivity contribution in [1.29, 1.82) is 0 Å². The predicted octanol–water partition coefficient (Wildman–Crippen LogP) is 2.96. The van der Waals surface area contributed by atoms with Gasteiger partial charge >= 0.3 is 0 Å². The van der Waals surface area contributed by atoms with Gasteiger partial charge in [-0.25, -0.2) is 26.3 Å². The van der Waals surface area contributed by atoms with Gasteiger partial charge in [-0.05, 0) is 37.3 Å². The molecule has 2 aromatic carbocycles. The van der Waals surface area contributed by atoms with Crippen LogP contribution in [0.25, 0.3) is 11.1 Å². The Bertz CT molecular complexity index is 1170. The molecule has 1 amide bonds. The van der Waals surface area contributed by atoms with Crippen LogP contribution in [-0.2, 0) is 21.2 Å². The van der Waals surface area contributed by atoms with Crippen LogP contribution in [0.4, 0.5) is 13.2 Å². The minimum Gasteiger partial charge on any atom is -0.378 e. The molecule has 3 atom stereocenters. The summed E-state index contributed by atoms with van der Waals surface area (Å²) in [5.41, 5.74) is -1.76. The molecule has 2 aliphatic rings. The summed E-state index contributed by atoms with van der Waals surface area (Å²) >= 11 is 0. The summed E-state index contributed by atoms with van der Waals surface area (Å²) in [7, 11) is -4.30. The molecule has 1 spiro atoms. The van der Waals surface area contributed by atoms with E-state index in [1.54, 1.807) is 42.5 Å². The van der Waals surface area contributed by atoms with Gasteiger partial charge in [-0.3, -0.25) is 4.79 Å². The highest BCUT2D eigenvalue weighted by Gasteiger charge is 2.62. The zero-order valence-electron chi connectivity index (χ0n) is 18.7. The smallest absolute Gasteiger partial charge is 0.257 e. The lowest BCUT2D eigenvalue weighted by molar-refractivity contribution is -0.152. The van der Waals surface area contributed by atoms with Crippen molar-refractivity contribution >= 4 is 15.9 Å². The largest absolute Gasteiger partial charge is 0.378 e. The van der Waals surface area contributed by atoms with Crippen molar-refractivity contribution < 1.29 is 31.5 Å². The first kappa shape index (κ1) is 24.7. The molecule has 1 heterocycles. The van der Waals surface area contributed by atoms with Crippen molar-refractivity contribution in [2.45, 2.75) is 43.9 Å². The molecule has 0 radical (unpaired) electrons. The number of alkyl halides is 2. The molecule has 2 N–H and O–H groups in total. The third-order valence-corrected chi connectivity index (χ3v) is 7.75. The van der Waals surface area contributed by atoms with Gasteiger partial charge in [0.1, 0.15) is 12.5 Å². The number of carbonyl (C=O) groups excluding carboxylic acids is 1. The normalized spacial score (nSPS) is 23.1. The van der Waals surface area contributed by atoms with Crippen LogP contribution in [-0.4, -0.2) is 61.2 Å². The van der Waals surface area contributed by atoms with Crippen molar-refractivity contribution in [2.24, 2.45) is 5.41 Å². The van der Waals surface area contributed by atoms with Gasteiger partial charge in [-0.2, -0.15) is 0 Å². The van der Waals surface area contributed by atoms with Crippen LogP contribution in [0.15, 0.2) is 48.5 Å². The highest BCUT2D eigenvalue weighted by atomic mass is 32.2. The van der Waals surface area contributed by atoms with Gasteiger partial charge in [0.25, 0.3) is 5.91 Å². The summed E-state index contributed by atoms with van der Waals surface area (Å²) in [5.74, 6) is -1.44. The number of hydrogen-bond donors (Lipinski definition) is 2. The zero-order valence-corrected chi connectivity index (χ0v) is 19.5. The summed E-state index contributed by atoms with van der Waals surface area (Å²) in [6.45, 7) is -0.228. The highest BCUT2D eigenvalue weighted by molar-refractivity contribution is 7.89. The number of hydrogen-bond acceptors (Lipinski definition) is 4. The number of benzene rings is 2. The third kappa shape index (κ3) is 4.58. The van der Waals surface area contributed by atoms with Crippen LogP contribution in [0.5, 0.6) is 0 Å². The minimum atomic E-state index is -4.30. The molecule has 1 saturated carbocycles. The molecule has 1 aliphatic heterocycles. The lowest BCUT2D eigenvalue weighted by Gasteiger charge is -2.33. The number of amides is 1. The van der Waals surface area contributed by atoms with Crippen molar-refractivity contribution in [3.8, 4) is 11.1 Å². The Morgan fingerprint density at radius 3 is 2.44 bits per heavy atom. The Balaban J connectivity index is 1.74. The van der Waals surface area contributed by atoms with Crippen molar-refractivity contribution in [3.63, 3.8) is 0 Å². The fourth-order valence-corrected chi connectivity index (χ4v) is 5.68.